The predicted octanol–water partition coefficient (Wildman–Crippen LogP) is 3.75. The molecular formula is C24H28N4O3. The van der Waals surface area contributed by atoms with Gasteiger partial charge in [-0.3, -0.25) is 9.59 Å². The number of piperidine rings is 1. The number of carbonyl (C=O) groups excluding carboxylic acids is 1. The Morgan fingerprint density at radius 3 is 2.65 bits per heavy atom. The zero-order valence-corrected chi connectivity index (χ0v) is 17.8. The summed E-state index contributed by atoms with van der Waals surface area (Å²) < 4.78 is 7.43. The second-order valence-corrected chi connectivity index (χ2v) is 8.66. The fourth-order valence-corrected chi connectivity index (χ4v) is 5.09. The molecule has 2 fully saturated rings. The molecule has 1 amide bonds. The molecule has 5 rings (SSSR count). The molecule has 0 unspecified atom stereocenters. The van der Waals surface area contributed by atoms with Gasteiger partial charge >= 0.3 is 0 Å². The van der Waals surface area contributed by atoms with Crippen molar-refractivity contribution >= 4 is 16.8 Å². The summed E-state index contributed by atoms with van der Waals surface area (Å²) in [5, 5.41) is 0.903. The van der Waals surface area contributed by atoms with E-state index < -0.39 is 0 Å². The summed E-state index contributed by atoms with van der Waals surface area (Å²) in [7, 11) is 1.63. The molecule has 1 aromatic carbocycles. The van der Waals surface area contributed by atoms with Gasteiger partial charge in [-0.25, -0.2) is 4.98 Å². The molecule has 0 atom stereocenters. The van der Waals surface area contributed by atoms with Crippen LogP contribution in [-0.4, -0.2) is 45.5 Å². The van der Waals surface area contributed by atoms with Gasteiger partial charge in [-0.15, -0.1) is 0 Å². The summed E-state index contributed by atoms with van der Waals surface area (Å²) in [5.74, 6) is 1.98. The standard InChI is InChI=1S/C24H28N4O3/c1-31-19-6-7-21-17(14-19)15-20(23(29)26-21)22-25-10-13-28(22)18-8-11-27(12-9-18)24(30)16-4-2-3-5-16/h6-7,10,13-16,18H,2-5,8-9,11-12H2,1H3,(H,26,29). The lowest BCUT2D eigenvalue weighted by Crippen LogP contribution is -2.41. The zero-order valence-electron chi connectivity index (χ0n) is 17.8. The summed E-state index contributed by atoms with van der Waals surface area (Å²) in [6, 6.07) is 7.71. The van der Waals surface area contributed by atoms with Gasteiger partial charge in [0.1, 0.15) is 11.6 Å². The fraction of sp³-hybridized carbons (Fsp3) is 0.458. The van der Waals surface area contributed by atoms with Gasteiger partial charge in [0.15, 0.2) is 0 Å². The third kappa shape index (κ3) is 3.73. The number of H-pyrrole nitrogens is 1. The molecule has 1 aliphatic carbocycles. The van der Waals surface area contributed by atoms with Gasteiger partial charge in [0.05, 0.1) is 12.7 Å². The number of likely N-dealkylation sites (tertiary alicyclic amines) is 1. The van der Waals surface area contributed by atoms with E-state index in [1.807, 2.05) is 35.4 Å². The van der Waals surface area contributed by atoms with Crippen LogP contribution in [0.1, 0.15) is 44.6 Å². The molecule has 3 aromatic rings. The molecule has 2 aromatic heterocycles. The minimum absolute atomic E-state index is 0.154. The highest BCUT2D eigenvalue weighted by Gasteiger charge is 2.31. The largest absolute Gasteiger partial charge is 0.497 e. The van der Waals surface area contributed by atoms with E-state index in [0.717, 1.165) is 55.4 Å². The summed E-state index contributed by atoms with van der Waals surface area (Å²) in [5.41, 5.74) is 1.17. The number of methoxy groups -OCH3 is 1. The molecule has 1 N–H and O–H groups in total. The Morgan fingerprint density at radius 2 is 1.90 bits per heavy atom. The first kappa shape index (κ1) is 19.8. The summed E-state index contributed by atoms with van der Waals surface area (Å²) in [4.78, 5) is 35.1. The van der Waals surface area contributed by atoms with E-state index in [0.29, 0.717) is 17.3 Å². The third-order valence-electron chi connectivity index (χ3n) is 6.83. The molecule has 0 spiro atoms. The number of amides is 1. The number of carbonyl (C=O) groups is 1. The van der Waals surface area contributed by atoms with E-state index in [1.165, 1.54) is 12.8 Å². The van der Waals surface area contributed by atoms with Gasteiger partial charge in [-0.1, -0.05) is 12.8 Å². The Kier molecular flexibility index (Phi) is 5.26. The second-order valence-electron chi connectivity index (χ2n) is 8.66. The molecule has 162 valence electrons. The van der Waals surface area contributed by atoms with Crippen LogP contribution in [0.2, 0.25) is 0 Å². The lowest BCUT2D eigenvalue weighted by atomic mass is 10.0. The molecule has 7 nitrogen and oxygen atoms in total. The summed E-state index contributed by atoms with van der Waals surface area (Å²) in [6.07, 6.45) is 9.89. The second kappa shape index (κ2) is 8.21. The Hall–Kier alpha value is -3.09. The maximum atomic E-state index is 12.8. The molecule has 1 saturated carbocycles. The van der Waals surface area contributed by atoms with Crippen LogP contribution in [-0.2, 0) is 4.79 Å². The normalized spacial score (nSPS) is 18.0. The van der Waals surface area contributed by atoms with Crippen molar-refractivity contribution in [2.75, 3.05) is 20.2 Å². The molecule has 0 radical (unpaired) electrons. The van der Waals surface area contributed by atoms with E-state index in [-0.39, 0.29) is 17.5 Å². The van der Waals surface area contributed by atoms with Crippen molar-refractivity contribution < 1.29 is 9.53 Å². The van der Waals surface area contributed by atoms with Gasteiger partial charge in [0.2, 0.25) is 5.91 Å². The van der Waals surface area contributed by atoms with Crippen molar-refractivity contribution in [3.63, 3.8) is 0 Å². The highest BCUT2D eigenvalue weighted by Crippen LogP contribution is 2.31. The van der Waals surface area contributed by atoms with Crippen molar-refractivity contribution in [3.05, 3.63) is 47.0 Å². The number of fused-ring (bicyclic) bond motifs is 1. The van der Waals surface area contributed by atoms with Gasteiger partial charge in [0, 0.05) is 48.3 Å². The number of pyridine rings is 1. The first-order valence-corrected chi connectivity index (χ1v) is 11.2. The van der Waals surface area contributed by atoms with Crippen molar-refractivity contribution in [3.8, 4) is 17.1 Å². The van der Waals surface area contributed by atoms with Crippen molar-refractivity contribution in [1.29, 1.82) is 0 Å². The SMILES string of the molecule is COc1ccc2[nH]c(=O)c(-c3nccn3C3CCN(C(=O)C4CCCC4)CC3)cc2c1. The van der Waals surface area contributed by atoms with Crippen LogP contribution in [0.3, 0.4) is 0 Å². The number of hydrogen-bond donors (Lipinski definition) is 1. The molecule has 0 bridgehead atoms. The van der Waals surface area contributed by atoms with E-state index in [2.05, 4.69) is 14.5 Å². The van der Waals surface area contributed by atoms with Crippen LogP contribution in [0, 0.1) is 5.92 Å². The Bertz CT molecular complexity index is 1150. The van der Waals surface area contributed by atoms with Crippen LogP contribution >= 0.6 is 0 Å². The van der Waals surface area contributed by atoms with Gasteiger partial charge < -0.3 is 19.2 Å². The number of hydrogen-bond acceptors (Lipinski definition) is 4. The van der Waals surface area contributed by atoms with Gasteiger partial charge in [-0.05, 0) is 49.9 Å². The number of nitrogens with zero attached hydrogens (tertiary/aromatic N) is 3. The number of aromatic nitrogens is 3. The van der Waals surface area contributed by atoms with Crippen LogP contribution < -0.4 is 10.3 Å². The zero-order chi connectivity index (χ0) is 21.4. The van der Waals surface area contributed by atoms with Gasteiger partial charge in [-0.2, -0.15) is 0 Å². The Balaban J connectivity index is 1.38. The third-order valence-corrected chi connectivity index (χ3v) is 6.83. The van der Waals surface area contributed by atoms with Crippen LogP contribution in [0.15, 0.2) is 41.5 Å². The molecule has 7 heteroatoms. The minimum Gasteiger partial charge on any atom is -0.497 e. The number of benzene rings is 1. The maximum absolute atomic E-state index is 12.8. The van der Waals surface area contributed by atoms with Crippen LogP contribution in [0.5, 0.6) is 5.75 Å². The Morgan fingerprint density at radius 1 is 1.13 bits per heavy atom. The quantitative estimate of drug-likeness (QED) is 0.697. The van der Waals surface area contributed by atoms with E-state index in [1.54, 1.807) is 13.3 Å². The lowest BCUT2D eigenvalue weighted by Gasteiger charge is -2.34. The lowest BCUT2D eigenvalue weighted by molar-refractivity contribution is -0.136. The molecule has 2 aliphatic rings. The first-order valence-electron chi connectivity index (χ1n) is 11.2. The summed E-state index contributed by atoms with van der Waals surface area (Å²) in [6.45, 7) is 1.53. The van der Waals surface area contributed by atoms with Crippen LogP contribution in [0.25, 0.3) is 22.3 Å². The van der Waals surface area contributed by atoms with E-state index >= 15 is 0 Å². The summed E-state index contributed by atoms with van der Waals surface area (Å²) >= 11 is 0. The first-order chi connectivity index (χ1) is 15.1. The molecule has 1 aliphatic heterocycles. The monoisotopic (exact) mass is 420 g/mol. The maximum Gasteiger partial charge on any atom is 0.259 e. The van der Waals surface area contributed by atoms with Gasteiger partial charge in [0.25, 0.3) is 5.56 Å². The van der Waals surface area contributed by atoms with E-state index in [4.69, 9.17) is 4.74 Å². The average Bonchev–Trinajstić information content (AvgIpc) is 3.50. The fourth-order valence-electron chi connectivity index (χ4n) is 5.09. The van der Waals surface area contributed by atoms with E-state index in [9.17, 15) is 9.59 Å². The smallest absolute Gasteiger partial charge is 0.259 e. The predicted molar refractivity (Wildman–Crippen MR) is 119 cm³/mol. The van der Waals surface area contributed by atoms with Crippen molar-refractivity contribution in [2.45, 2.75) is 44.6 Å². The number of ether oxygens (including phenoxy) is 1. The highest BCUT2D eigenvalue weighted by atomic mass is 16.5. The molecule has 31 heavy (non-hydrogen) atoms. The van der Waals surface area contributed by atoms with Crippen molar-refractivity contribution in [2.24, 2.45) is 5.92 Å². The number of imidazole rings is 1. The molecular weight excluding hydrogens is 392 g/mol. The average molecular weight is 421 g/mol. The molecule has 3 heterocycles. The number of aromatic amines is 1. The van der Waals surface area contributed by atoms with Crippen molar-refractivity contribution in [1.82, 2.24) is 19.4 Å². The topological polar surface area (TPSA) is 80.2 Å². The highest BCUT2D eigenvalue weighted by molar-refractivity contribution is 5.83. The van der Waals surface area contributed by atoms with Crippen LogP contribution in [0.4, 0.5) is 0 Å². The minimum atomic E-state index is -0.154. The number of rotatable bonds is 4. The number of nitrogens with one attached hydrogen (secondary N) is 1. The Labute approximate surface area is 181 Å². The molecule has 1 saturated heterocycles.